The Hall–Kier alpha value is -1.31. The molecule has 2 fully saturated rings. The van der Waals surface area contributed by atoms with Gasteiger partial charge >= 0.3 is 6.09 Å². The molecule has 1 aromatic carbocycles. The number of hydrogen-bond acceptors (Lipinski definition) is 3. The summed E-state index contributed by atoms with van der Waals surface area (Å²) in [5.41, 5.74) is 2.21. The van der Waals surface area contributed by atoms with Gasteiger partial charge in [0.1, 0.15) is 9.30 Å². The number of hydrogen-bond donors (Lipinski definition) is 0. The zero-order chi connectivity index (χ0) is 18.5. The number of benzene rings is 1. The lowest BCUT2D eigenvalue weighted by atomic mass is 9.89. The second kappa shape index (κ2) is 6.69. The largest absolute Gasteiger partial charge is 0.444 e. The molecular formula is C20H26IN3O2. The van der Waals surface area contributed by atoms with Gasteiger partial charge in [0.05, 0.1) is 11.6 Å². The number of ether oxygens (including phenoxy) is 1. The third kappa shape index (κ3) is 3.70. The van der Waals surface area contributed by atoms with E-state index in [9.17, 15) is 4.79 Å². The van der Waals surface area contributed by atoms with Gasteiger partial charge in [-0.2, -0.15) is 5.10 Å². The molecular weight excluding hydrogens is 441 g/mol. The Morgan fingerprint density at radius 2 is 1.88 bits per heavy atom. The van der Waals surface area contributed by atoms with Crippen molar-refractivity contribution in [3.63, 3.8) is 0 Å². The van der Waals surface area contributed by atoms with Crippen LogP contribution < -0.4 is 0 Å². The van der Waals surface area contributed by atoms with Gasteiger partial charge in [-0.1, -0.05) is 6.07 Å². The van der Waals surface area contributed by atoms with Crippen molar-refractivity contribution in [3.8, 4) is 0 Å². The number of rotatable bonds is 2. The number of carbonyl (C=O) groups excluding carboxylic acids is 1. The number of fused-ring (bicyclic) bond motifs is 1. The molecule has 6 heteroatoms. The molecule has 0 bridgehead atoms. The molecule has 2 heterocycles. The Morgan fingerprint density at radius 1 is 1.19 bits per heavy atom. The van der Waals surface area contributed by atoms with Gasteiger partial charge in [0, 0.05) is 18.5 Å². The lowest BCUT2D eigenvalue weighted by molar-refractivity contribution is 0.0205. The molecule has 26 heavy (non-hydrogen) atoms. The predicted molar refractivity (Wildman–Crippen MR) is 111 cm³/mol. The highest BCUT2D eigenvalue weighted by atomic mass is 127. The fourth-order valence-electron chi connectivity index (χ4n) is 3.69. The SMILES string of the molecule is CC(C)(C)OC(=O)N1CCC(c2ccc3c(I)nn(C4CC4)c3c2)CC1. The van der Waals surface area contributed by atoms with Crippen LogP contribution in [0.25, 0.3) is 10.9 Å². The molecule has 140 valence electrons. The number of aromatic nitrogens is 2. The van der Waals surface area contributed by atoms with Crippen molar-refractivity contribution >= 4 is 39.6 Å². The molecule has 4 rings (SSSR count). The maximum absolute atomic E-state index is 12.3. The molecule has 1 saturated heterocycles. The van der Waals surface area contributed by atoms with E-state index in [0.29, 0.717) is 12.0 Å². The normalized spacial score (nSPS) is 19.2. The van der Waals surface area contributed by atoms with Gasteiger partial charge in [-0.25, -0.2) is 4.79 Å². The highest BCUT2D eigenvalue weighted by Gasteiger charge is 2.29. The maximum atomic E-state index is 12.3. The molecule has 5 nitrogen and oxygen atoms in total. The van der Waals surface area contributed by atoms with Crippen LogP contribution in [0.3, 0.4) is 0 Å². The topological polar surface area (TPSA) is 47.4 Å². The summed E-state index contributed by atoms with van der Waals surface area (Å²) in [6.45, 7) is 7.26. The highest BCUT2D eigenvalue weighted by molar-refractivity contribution is 14.1. The molecule has 1 aliphatic heterocycles. The monoisotopic (exact) mass is 467 g/mol. The summed E-state index contributed by atoms with van der Waals surface area (Å²) < 4.78 is 8.81. The van der Waals surface area contributed by atoms with Crippen molar-refractivity contribution in [3.05, 3.63) is 27.5 Å². The Bertz CT molecular complexity index is 827. The number of amides is 1. The molecule has 1 aliphatic carbocycles. The molecule has 0 spiro atoms. The molecule has 1 saturated carbocycles. The van der Waals surface area contributed by atoms with E-state index < -0.39 is 5.60 Å². The van der Waals surface area contributed by atoms with Crippen molar-refractivity contribution in [2.24, 2.45) is 0 Å². The molecule has 1 aromatic heterocycles. The standard InChI is InChI=1S/C20H26IN3O2/c1-20(2,3)26-19(25)23-10-8-13(9-11-23)14-4-7-16-17(12-14)24(15-5-6-15)22-18(16)21/h4,7,12-13,15H,5-6,8-11H2,1-3H3. The fraction of sp³-hybridized carbons (Fsp3) is 0.600. The minimum absolute atomic E-state index is 0.187. The van der Waals surface area contributed by atoms with Crippen LogP contribution in [0.5, 0.6) is 0 Å². The molecule has 0 atom stereocenters. The Balaban J connectivity index is 1.48. The fourth-order valence-corrected chi connectivity index (χ4v) is 4.38. The van der Waals surface area contributed by atoms with E-state index in [2.05, 4.69) is 45.5 Å². The zero-order valence-electron chi connectivity index (χ0n) is 15.7. The van der Waals surface area contributed by atoms with Crippen LogP contribution in [0.4, 0.5) is 4.79 Å². The van der Waals surface area contributed by atoms with Crippen LogP contribution >= 0.6 is 22.6 Å². The summed E-state index contributed by atoms with van der Waals surface area (Å²) in [5, 5.41) is 6.00. The molecule has 2 aromatic rings. The van der Waals surface area contributed by atoms with Gasteiger partial charge in [0.15, 0.2) is 0 Å². The summed E-state index contributed by atoms with van der Waals surface area (Å²) >= 11 is 2.34. The summed E-state index contributed by atoms with van der Waals surface area (Å²) in [6, 6.07) is 7.39. The van der Waals surface area contributed by atoms with Crippen LogP contribution in [0.15, 0.2) is 18.2 Å². The van der Waals surface area contributed by atoms with Crippen molar-refractivity contribution in [2.45, 2.75) is 64.0 Å². The average molecular weight is 467 g/mol. The second-order valence-corrected chi connectivity index (χ2v) is 9.51. The third-order valence-corrected chi connectivity index (χ3v) is 5.99. The summed E-state index contributed by atoms with van der Waals surface area (Å²) in [5.74, 6) is 0.498. The van der Waals surface area contributed by atoms with Crippen molar-refractivity contribution < 1.29 is 9.53 Å². The summed E-state index contributed by atoms with van der Waals surface area (Å²) in [7, 11) is 0. The number of carbonyl (C=O) groups is 1. The lowest BCUT2D eigenvalue weighted by Gasteiger charge is -2.33. The Morgan fingerprint density at radius 3 is 2.50 bits per heavy atom. The third-order valence-electron chi connectivity index (χ3n) is 5.20. The number of piperidine rings is 1. The van der Waals surface area contributed by atoms with Crippen molar-refractivity contribution in [2.75, 3.05) is 13.1 Å². The van der Waals surface area contributed by atoms with Crippen molar-refractivity contribution in [1.82, 2.24) is 14.7 Å². The predicted octanol–water partition coefficient (Wildman–Crippen LogP) is 5.09. The minimum atomic E-state index is -0.433. The van der Waals surface area contributed by atoms with E-state index >= 15 is 0 Å². The van der Waals surface area contributed by atoms with Gasteiger partial charge in [-0.05, 0) is 92.7 Å². The van der Waals surface area contributed by atoms with Gasteiger partial charge in [0.25, 0.3) is 0 Å². The van der Waals surface area contributed by atoms with Crippen LogP contribution in [0, 0.1) is 3.70 Å². The number of halogens is 1. The van der Waals surface area contributed by atoms with Crippen molar-refractivity contribution in [1.29, 1.82) is 0 Å². The first-order valence-electron chi connectivity index (χ1n) is 9.47. The van der Waals surface area contributed by atoms with E-state index in [1.54, 1.807) is 0 Å². The summed E-state index contributed by atoms with van der Waals surface area (Å²) in [6.07, 6.45) is 4.27. The van der Waals surface area contributed by atoms with E-state index in [-0.39, 0.29) is 6.09 Å². The van der Waals surface area contributed by atoms with Gasteiger partial charge in [-0.3, -0.25) is 4.68 Å². The average Bonchev–Trinajstić information content (AvgIpc) is 3.38. The van der Waals surface area contributed by atoms with Gasteiger partial charge < -0.3 is 9.64 Å². The Kier molecular flexibility index (Phi) is 4.65. The van der Waals surface area contributed by atoms with E-state index in [1.807, 2.05) is 25.7 Å². The highest BCUT2D eigenvalue weighted by Crippen LogP contribution is 2.39. The lowest BCUT2D eigenvalue weighted by Crippen LogP contribution is -2.41. The van der Waals surface area contributed by atoms with E-state index in [4.69, 9.17) is 9.84 Å². The first-order chi connectivity index (χ1) is 12.3. The van der Waals surface area contributed by atoms with Gasteiger partial charge in [0.2, 0.25) is 0 Å². The molecule has 1 amide bonds. The maximum Gasteiger partial charge on any atom is 0.410 e. The van der Waals surface area contributed by atoms with Crippen LogP contribution in [0.2, 0.25) is 0 Å². The number of nitrogens with zero attached hydrogens (tertiary/aromatic N) is 3. The second-order valence-electron chi connectivity index (χ2n) is 8.48. The molecule has 0 radical (unpaired) electrons. The van der Waals surface area contributed by atoms with E-state index in [1.165, 1.54) is 29.3 Å². The zero-order valence-corrected chi connectivity index (χ0v) is 17.8. The molecule has 0 N–H and O–H groups in total. The molecule has 0 unspecified atom stereocenters. The first kappa shape index (κ1) is 18.1. The number of likely N-dealkylation sites (tertiary alicyclic amines) is 1. The van der Waals surface area contributed by atoms with Gasteiger partial charge in [-0.15, -0.1) is 0 Å². The Labute approximate surface area is 168 Å². The van der Waals surface area contributed by atoms with Crippen LogP contribution in [-0.2, 0) is 4.74 Å². The van der Waals surface area contributed by atoms with Crippen LogP contribution in [-0.4, -0.2) is 39.5 Å². The summed E-state index contributed by atoms with van der Waals surface area (Å²) in [4.78, 5) is 14.1. The van der Waals surface area contributed by atoms with Crippen LogP contribution in [0.1, 0.15) is 64.0 Å². The quantitative estimate of drug-likeness (QED) is 0.579. The first-order valence-corrected chi connectivity index (χ1v) is 10.6. The van der Waals surface area contributed by atoms with E-state index in [0.717, 1.165) is 29.6 Å². The smallest absolute Gasteiger partial charge is 0.410 e. The molecule has 2 aliphatic rings. The minimum Gasteiger partial charge on any atom is -0.444 e.